The molecule has 2 unspecified atom stereocenters. The first-order chi connectivity index (χ1) is 11.7. The normalized spacial score (nSPS) is 13.4. The average molecular weight is 318 g/mol. The lowest BCUT2D eigenvalue weighted by atomic mass is 9.99. The van der Waals surface area contributed by atoms with Gasteiger partial charge in [-0.05, 0) is 35.7 Å². The minimum Gasteiger partial charge on any atom is -0.387 e. The van der Waals surface area contributed by atoms with Gasteiger partial charge in [0.25, 0.3) is 0 Å². The number of aliphatic hydroxyl groups excluding tert-OH is 1. The number of aliphatic hydroxyl groups is 1. The Hall–Kier alpha value is -2.49. The Balaban J connectivity index is 1.78. The van der Waals surface area contributed by atoms with Gasteiger partial charge in [-0.2, -0.15) is 0 Å². The number of nitrogens with one attached hydrogen (secondary N) is 1. The number of rotatable bonds is 6. The lowest BCUT2D eigenvalue weighted by Gasteiger charge is -2.22. The zero-order chi connectivity index (χ0) is 16.8. The summed E-state index contributed by atoms with van der Waals surface area (Å²) in [5.41, 5.74) is 4.39. The van der Waals surface area contributed by atoms with E-state index in [4.69, 9.17) is 0 Å². The number of nitrogens with zero attached hydrogens (tertiary/aromatic N) is 1. The summed E-state index contributed by atoms with van der Waals surface area (Å²) in [6, 6.07) is 22.3. The van der Waals surface area contributed by atoms with Crippen molar-refractivity contribution in [2.45, 2.75) is 19.1 Å². The second-order valence-corrected chi connectivity index (χ2v) is 5.96. The van der Waals surface area contributed by atoms with Crippen LogP contribution in [-0.2, 0) is 0 Å². The second-order valence-electron chi connectivity index (χ2n) is 5.96. The largest absolute Gasteiger partial charge is 0.387 e. The monoisotopic (exact) mass is 318 g/mol. The predicted octanol–water partition coefficient (Wildman–Crippen LogP) is 3.80. The van der Waals surface area contributed by atoms with E-state index in [0.29, 0.717) is 6.54 Å². The lowest BCUT2D eigenvalue weighted by Crippen LogP contribution is -2.27. The van der Waals surface area contributed by atoms with E-state index in [-0.39, 0.29) is 6.04 Å². The van der Waals surface area contributed by atoms with Gasteiger partial charge < -0.3 is 10.4 Å². The van der Waals surface area contributed by atoms with Gasteiger partial charge in [-0.15, -0.1) is 0 Å². The molecule has 0 spiro atoms. The summed E-state index contributed by atoms with van der Waals surface area (Å²) in [6.45, 7) is 2.51. The van der Waals surface area contributed by atoms with Gasteiger partial charge in [-0.25, -0.2) is 0 Å². The third kappa shape index (κ3) is 4.07. The van der Waals surface area contributed by atoms with Crippen LogP contribution < -0.4 is 5.32 Å². The molecule has 122 valence electrons. The molecule has 0 saturated heterocycles. The average Bonchev–Trinajstić information content (AvgIpc) is 2.63. The van der Waals surface area contributed by atoms with Gasteiger partial charge in [0.2, 0.25) is 0 Å². The molecule has 1 aromatic heterocycles. The van der Waals surface area contributed by atoms with Crippen LogP contribution in [0.25, 0.3) is 0 Å². The standard InChI is InChI=1S/C21H22N2O/c1-16-6-5-9-19(14-16)20(24)15-23-21(17-7-3-2-4-8-17)18-10-12-22-13-11-18/h2-14,20-21,23-24H,15H2,1H3. The minimum absolute atomic E-state index is 0.0219. The van der Waals surface area contributed by atoms with Gasteiger partial charge in [-0.1, -0.05) is 60.2 Å². The Bertz CT molecular complexity index is 720. The molecule has 2 N–H and O–H groups in total. The fourth-order valence-electron chi connectivity index (χ4n) is 2.85. The van der Waals surface area contributed by atoms with Gasteiger partial charge in [0, 0.05) is 18.9 Å². The van der Waals surface area contributed by atoms with Crippen molar-refractivity contribution >= 4 is 0 Å². The summed E-state index contributed by atoms with van der Waals surface area (Å²) >= 11 is 0. The molecule has 0 aliphatic carbocycles. The Labute approximate surface area is 143 Å². The molecule has 0 bridgehead atoms. The van der Waals surface area contributed by atoms with Crippen LogP contribution in [0.2, 0.25) is 0 Å². The van der Waals surface area contributed by atoms with Crippen LogP contribution in [0.1, 0.15) is 34.4 Å². The first-order valence-electron chi connectivity index (χ1n) is 8.17. The highest BCUT2D eigenvalue weighted by Crippen LogP contribution is 2.22. The van der Waals surface area contributed by atoms with E-state index in [1.54, 1.807) is 12.4 Å². The first kappa shape index (κ1) is 16.4. The van der Waals surface area contributed by atoms with Gasteiger partial charge in [-0.3, -0.25) is 4.98 Å². The fourth-order valence-corrected chi connectivity index (χ4v) is 2.85. The van der Waals surface area contributed by atoms with Crippen molar-refractivity contribution in [1.82, 2.24) is 10.3 Å². The smallest absolute Gasteiger partial charge is 0.0914 e. The number of hydrogen-bond donors (Lipinski definition) is 2. The van der Waals surface area contributed by atoms with Crippen molar-refractivity contribution in [3.63, 3.8) is 0 Å². The van der Waals surface area contributed by atoms with E-state index in [2.05, 4.69) is 22.4 Å². The molecule has 0 saturated carbocycles. The second kappa shape index (κ2) is 7.86. The van der Waals surface area contributed by atoms with Crippen molar-refractivity contribution in [3.8, 4) is 0 Å². The first-order valence-corrected chi connectivity index (χ1v) is 8.17. The van der Waals surface area contributed by atoms with E-state index in [9.17, 15) is 5.11 Å². The van der Waals surface area contributed by atoms with Crippen LogP contribution in [0.15, 0.2) is 79.1 Å². The predicted molar refractivity (Wildman–Crippen MR) is 96.7 cm³/mol. The maximum absolute atomic E-state index is 10.5. The molecule has 3 aromatic rings. The number of pyridine rings is 1. The van der Waals surface area contributed by atoms with Crippen LogP contribution in [0.4, 0.5) is 0 Å². The summed E-state index contributed by atoms with van der Waals surface area (Å²) in [7, 11) is 0. The molecular weight excluding hydrogens is 296 g/mol. The van der Waals surface area contributed by atoms with Crippen molar-refractivity contribution in [3.05, 3.63) is 101 Å². The SMILES string of the molecule is Cc1cccc(C(O)CNC(c2ccccc2)c2ccncc2)c1. The van der Waals surface area contributed by atoms with Crippen LogP contribution in [-0.4, -0.2) is 16.6 Å². The highest BCUT2D eigenvalue weighted by molar-refractivity contribution is 5.31. The van der Waals surface area contributed by atoms with Crippen molar-refractivity contribution in [2.75, 3.05) is 6.54 Å². The van der Waals surface area contributed by atoms with Crippen molar-refractivity contribution < 1.29 is 5.11 Å². The van der Waals surface area contributed by atoms with Gasteiger partial charge in [0.05, 0.1) is 12.1 Å². The molecule has 0 aliphatic heterocycles. The summed E-state index contributed by atoms with van der Waals surface area (Å²) in [4.78, 5) is 4.10. The fraction of sp³-hybridized carbons (Fsp3) is 0.190. The zero-order valence-corrected chi connectivity index (χ0v) is 13.8. The van der Waals surface area contributed by atoms with Crippen molar-refractivity contribution in [1.29, 1.82) is 0 Å². The zero-order valence-electron chi connectivity index (χ0n) is 13.8. The topological polar surface area (TPSA) is 45.1 Å². The van der Waals surface area contributed by atoms with E-state index in [0.717, 1.165) is 16.7 Å². The summed E-state index contributed by atoms with van der Waals surface area (Å²) in [5.74, 6) is 0. The molecular formula is C21H22N2O. The maximum atomic E-state index is 10.5. The van der Waals surface area contributed by atoms with Crippen LogP contribution in [0.5, 0.6) is 0 Å². The van der Waals surface area contributed by atoms with E-state index < -0.39 is 6.10 Å². The molecule has 3 nitrogen and oxygen atoms in total. The van der Waals surface area contributed by atoms with Crippen LogP contribution in [0, 0.1) is 6.92 Å². The summed E-state index contributed by atoms with van der Waals surface area (Å²) in [6.07, 6.45) is 3.05. The summed E-state index contributed by atoms with van der Waals surface area (Å²) in [5, 5.41) is 14.0. The van der Waals surface area contributed by atoms with E-state index in [1.165, 1.54) is 5.56 Å². The number of benzene rings is 2. The van der Waals surface area contributed by atoms with E-state index in [1.807, 2.05) is 61.5 Å². The third-order valence-electron chi connectivity index (χ3n) is 4.11. The third-order valence-corrected chi connectivity index (χ3v) is 4.11. The molecule has 3 heteroatoms. The van der Waals surface area contributed by atoms with Gasteiger partial charge >= 0.3 is 0 Å². The molecule has 2 aromatic carbocycles. The number of aryl methyl sites for hydroxylation is 1. The van der Waals surface area contributed by atoms with Crippen molar-refractivity contribution in [2.24, 2.45) is 0 Å². The van der Waals surface area contributed by atoms with Crippen LogP contribution in [0.3, 0.4) is 0 Å². The Morgan fingerprint density at radius 2 is 1.54 bits per heavy atom. The molecule has 1 heterocycles. The minimum atomic E-state index is -0.544. The molecule has 0 fully saturated rings. The molecule has 2 atom stereocenters. The lowest BCUT2D eigenvalue weighted by molar-refractivity contribution is 0.172. The van der Waals surface area contributed by atoms with E-state index >= 15 is 0 Å². The molecule has 3 rings (SSSR count). The summed E-state index contributed by atoms with van der Waals surface area (Å²) < 4.78 is 0. The quantitative estimate of drug-likeness (QED) is 0.726. The highest BCUT2D eigenvalue weighted by atomic mass is 16.3. The Kier molecular flexibility index (Phi) is 5.36. The molecule has 24 heavy (non-hydrogen) atoms. The molecule has 0 aliphatic rings. The van der Waals surface area contributed by atoms with Gasteiger partial charge in [0.15, 0.2) is 0 Å². The number of hydrogen-bond acceptors (Lipinski definition) is 3. The molecule has 0 amide bonds. The molecule has 0 radical (unpaired) electrons. The number of aromatic nitrogens is 1. The highest BCUT2D eigenvalue weighted by Gasteiger charge is 2.16. The Morgan fingerprint density at radius 1 is 0.875 bits per heavy atom. The van der Waals surface area contributed by atoms with Gasteiger partial charge in [0.1, 0.15) is 0 Å². The van der Waals surface area contributed by atoms with Crippen LogP contribution >= 0.6 is 0 Å². The Morgan fingerprint density at radius 3 is 2.25 bits per heavy atom. The maximum Gasteiger partial charge on any atom is 0.0914 e.